The Kier molecular flexibility index (Phi) is 4.52. The lowest BCUT2D eigenvalue weighted by molar-refractivity contribution is -0.385. The van der Waals surface area contributed by atoms with Gasteiger partial charge in [0.15, 0.2) is 5.82 Å². The highest BCUT2D eigenvalue weighted by Gasteiger charge is 2.15. The Hall–Kier alpha value is -2.02. The molecule has 1 atom stereocenters. The third-order valence-corrected chi connectivity index (χ3v) is 3.65. The number of rotatable bonds is 4. The third kappa shape index (κ3) is 3.55. The first kappa shape index (κ1) is 15.4. The quantitative estimate of drug-likeness (QED) is 0.631. The molecule has 0 heterocycles. The standard InChI is InChI=1S/C14H11BrF2N2O2/c1-8(11-4-2-9(16)6-12(11)15)18-14-5-3-10(19(20)21)7-13(14)17/h2-8,18H,1H3. The lowest BCUT2D eigenvalue weighted by atomic mass is 10.1. The molecule has 0 saturated carbocycles. The zero-order valence-electron chi connectivity index (χ0n) is 10.9. The van der Waals surface area contributed by atoms with E-state index in [1.165, 1.54) is 24.3 Å². The first-order chi connectivity index (χ1) is 9.88. The second kappa shape index (κ2) is 6.17. The third-order valence-electron chi connectivity index (χ3n) is 2.96. The maximum absolute atomic E-state index is 13.8. The summed E-state index contributed by atoms with van der Waals surface area (Å²) < 4.78 is 27.4. The van der Waals surface area contributed by atoms with Gasteiger partial charge in [0.2, 0.25) is 0 Å². The van der Waals surface area contributed by atoms with Crippen molar-refractivity contribution in [3.63, 3.8) is 0 Å². The summed E-state index contributed by atoms with van der Waals surface area (Å²) in [6.07, 6.45) is 0. The molecule has 0 spiro atoms. The SMILES string of the molecule is CC(Nc1ccc([N+](=O)[O-])cc1F)c1ccc(F)cc1Br. The number of anilines is 1. The molecule has 1 unspecified atom stereocenters. The van der Waals surface area contributed by atoms with Crippen molar-refractivity contribution in [2.75, 3.05) is 5.32 Å². The first-order valence-corrected chi connectivity index (χ1v) is 6.83. The van der Waals surface area contributed by atoms with Crippen LogP contribution in [-0.4, -0.2) is 4.92 Å². The Balaban J connectivity index is 2.23. The number of halogens is 3. The molecule has 0 radical (unpaired) electrons. The van der Waals surface area contributed by atoms with Crippen molar-refractivity contribution in [2.45, 2.75) is 13.0 Å². The van der Waals surface area contributed by atoms with E-state index in [4.69, 9.17) is 0 Å². The van der Waals surface area contributed by atoms with E-state index in [0.717, 1.165) is 11.6 Å². The average molecular weight is 357 g/mol. The average Bonchev–Trinajstić information content (AvgIpc) is 2.40. The molecule has 2 rings (SSSR count). The van der Waals surface area contributed by atoms with Crippen molar-refractivity contribution in [1.82, 2.24) is 0 Å². The highest BCUT2D eigenvalue weighted by Crippen LogP contribution is 2.29. The Morgan fingerprint density at radius 1 is 1.24 bits per heavy atom. The van der Waals surface area contributed by atoms with Gasteiger partial charge in [-0.05, 0) is 30.7 Å². The van der Waals surface area contributed by atoms with Crippen LogP contribution in [0.1, 0.15) is 18.5 Å². The van der Waals surface area contributed by atoms with Gasteiger partial charge in [-0.25, -0.2) is 8.78 Å². The Labute approximate surface area is 128 Å². The molecule has 4 nitrogen and oxygen atoms in total. The second-order valence-corrected chi connectivity index (χ2v) is 5.31. The molecule has 7 heteroatoms. The lowest BCUT2D eigenvalue weighted by Crippen LogP contribution is -2.09. The van der Waals surface area contributed by atoms with E-state index in [-0.39, 0.29) is 23.2 Å². The summed E-state index contributed by atoms with van der Waals surface area (Å²) in [5.74, 6) is -1.09. The fourth-order valence-corrected chi connectivity index (χ4v) is 2.59. The molecular weight excluding hydrogens is 346 g/mol. The number of nitrogens with zero attached hydrogens (tertiary/aromatic N) is 1. The van der Waals surface area contributed by atoms with Gasteiger partial charge in [0.25, 0.3) is 5.69 Å². The molecule has 1 N–H and O–H groups in total. The van der Waals surface area contributed by atoms with Crippen molar-refractivity contribution in [3.05, 3.63) is 68.2 Å². The van der Waals surface area contributed by atoms with Crippen molar-refractivity contribution in [2.24, 2.45) is 0 Å². The van der Waals surface area contributed by atoms with Gasteiger partial charge in [-0.15, -0.1) is 0 Å². The van der Waals surface area contributed by atoms with Crippen LogP contribution in [0.3, 0.4) is 0 Å². The maximum Gasteiger partial charge on any atom is 0.272 e. The second-order valence-electron chi connectivity index (χ2n) is 4.45. The summed E-state index contributed by atoms with van der Waals surface area (Å²) >= 11 is 3.25. The number of nitro benzene ring substituents is 1. The van der Waals surface area contributed by atoms with Crippen molar-refractivity contribution in [3.8, 4) is 0 Å². The Morgan fingerprint density at radius 2 is 1.95 bits per heavy atom. The first-order valence-electron chi connectivity index (χ1n) is 6.04. The minimum atomic E-state index is -0.714. The molecule has 0 aromatic heterocycles. The smallest absolute Gasteiger partial charge is 0.272 e. The summed E-state index contributed by atoms with van der Waals surface area (Å²) in [7, 11) is 0. The van der Waals surface area contributed by atoms with Crippen LogP contribution in [0.25, 0.3) is 0 Å². The zero-order valence-corrected chi connectivity index (χ0v) is 12.5. The van der Waals surface area contributed by atoms with E-state index < -0.39 is 10.7 Å². The number of non-ortho nitro benzene ring substituents is 1. The molecule has 0 bridgehead atoms. The molecule has 0 aliphatic carbocycles. The van der Waals surface area contributed by atoms with E-state index in [2.05, 4.69) is 21.2 Å². The van der Waals surface area contributed by atoms with Crippen LogP contribution in [0.2, 0.25) is 0 Å². The van der Waals surface area contributed by atoms with Gasteiger partial charge >= 0.3 is 0 Å². The molecule has 0 saturated heterocycles. The zero-order chi connectivity index (χ0) is 15.6. The van der Waals surface area contributed by atoms with Gasteiger partial charge in [0, 0.05) is 16.6 Å². The summed E-state index contributed by atoms with van der Waals surface area (Å²) in [5.41, 5.74) is 0.576. The van der Waals surface area contributed by atoms with E-state index in [9.17, 15) is 18.9 Å². The van der Waals surface area contributed by atoms with Gasteiger partial charge < -0.3 is 5.32 Å². The van der Waals surface area contributed by atoms with Crippen LogP contribution in [0.5, 0.6) is 0 Å². The van der Waals surface area contributed by atoms with Gasteiger partial charge in [0.05, 0.1) is 16.7 Å². The molecular formula is C14H11BrF2N2O2. The lowest BCUT2D eigenvalue weighted by Gasteiger charge is -2.17. The van der Waals surface area contributed by atoms with Crippen LogP contribution < -0.4 is 5.32 Å². The fourth-order valence-electron chi connectivity index (χ4n) is 1.90. The molecule has 0 amide bonds. The minimum Gasteiger partial charge on any atom is -0.376 e. The summed E-state index contributed by atoms with van der Waals surface area (Å²) in [6, 6.07) is 7.29. The van der Waals surface area contributed by atoms with Gasteiger partial charge in [-0.1, -0.05) is 22.0 Å². The van der Waals surface area contributed by atoms with E-state index in [1.807, 2.05) is 0 Å². The maximum atomic E-state index is 13.8. The molecule has 0 fully saturated rings. The van der Waals surface area contributed by atoms with Gasteiger partial charge in [0.1, 0.15) is 5.82 Å². The van der Waals surface area contributed by atoms with E-state index >= 15 is 0 Å². The number of hydrogen-bond acceptors (Lipinski definition) is 3. The monoisotopic (exact) mass is 356 g/mol. The summed E-state index contributed by atoms with van der Waals surface area (Å²) in [6.45, 7) is 1.78. The fraction of sp³-hybridized carbons (Fsp3) is 0.143. The van der Waals surface area contributed by atoms with Gasteiger partial charge in [-0.3, -0.25) is 10.1 Å². The number of hydrogen-bond donors (Lipinski definition) is 1. The molecule has 0 aliphatic rings. The van der Waals surface area contributed by atoms with Gasteiger partial charge in [-0.2, -0.15) is 0 Å². The minimum absolute atomic E-state index is 0.143. The van der Waals surface area contributed by atoms with E-state index in [0.29, 0.717) is 4.47 Å². The molecule has 2 aromatic carbocycles. The topological polar surface area (TPSA) is 55.2 Å². The number of nitrogens with one attached hydrogen (secondary N) is 1. The molecule has 2 aromatic rings. The van der Waals surface area contributed by atoms with Crippen molar-refractivity contribution < 1.29 is 13.7 Å². The normalized spacial score (nSPS) is 12.0. The largest absolute Gasteiger partial charge is 0.376 e. The van der Waals surface area contributed by atoms with Crippen LogP contribution in [0.15, 0.2) is 40.9 Å². The predicted octanol–water partition coefficient (Wildman–Crippen LogP) is 4.81. The van der Waals surface area contributed by atoms with Crippen molar-refractivity contribution >= 4 is 27.3 Å². The molecule has 110 valence electrons. The predicted molar refractivity (Wildman–Crippen MR) is 79.2 cm³/mol. The Morgan fingerprint density at radius 3 is 2.52 bits per heavy atom. The summed E-state index contributed by atoms with van der Waals surface area (Å²) in [5, 5.41) is 13.5. The van der Waals surface area contributed by atoms with Crippen LogP contribution >= 0.6 is 15.9 Å². The van der Waals surface area contributed by atoms with Crippen LogP contribution in [-0.2, 0) is 0 Å². The van der Waals surface area contributed by atoms with Crippen LogP contribution in [0.4, 0.5) is 20.2 Å². The molecule has 21 heavy (non-hydrogen) atoms. The highest BCUT2D eigenvalue weighted by molar-refractivity contribution is 9.10. The Bertz CT molecular complexity index is 695. The van der Waals surface area contributed by atoms with Crippen LogP contribution in [0, 0.1) is 21.7 Å². The van der Waals surface area contributed by atoms with Crippen molar-refractivity contribution in [1.29, 1.82) is 0 Å². The summed E-state index contributed by atoms with van der Waals surface area (Å²) in [4.78, 5) is 9.90. The van der Waals surface area contributed by atoms with E-state index in [1.54, 1.807) is 13.0 Å². The number of nitro groups is 1. The highest BCUT2D eigenvalue weighted by atomic mass is 79.9. The molecule has 0 aliphatic heterocycles. The number of benzene rings is 2.